The maximum Gasteiger partial charge on any atom is 0.209 e. The monoisotopic (exact) mass is 224 g/mol. The van der Waals surface area contributed by atoms with Gasteiger partial charge in [0.05, 0.1) is 12.0 Å². The summed E-state index contributed by atoms with van der Waals surface area (Å²) in [4.78, 5) is 27.0. The molecule has 6 heteroatoms. The number of nitrogens with one attached hydrogen (secondary N) is 1. The number of nitrogens with two attached hydrogens (primary N) is 1. The van der Waals surface area contributed by atoms with Crippen LogP contribution in [0.5, 0.6) is 0 Å². The van der Waals surface area contributed by atoms with E-state index in [0.29, 0.717) is 18.7 Å². The van der Waals surface area contributed by atoms with Gasteiger partial charge in [0.1, 0.15) is 6.04 Å². The van der Waals surface area contributed by atoms with Crippen LogP contribution in [-0.4, -0.2) is 27.7 Å². The van der Waals surface area contributed by atoms with Gasteiger partial charge in [-0.3, -0.25) is 4.79 Å². The van der Waals surface area contributed by atoms with Crippen LogP contribution in [0.1, 0.15) is 26.0 Å². The average molecular weight is 224 g/mol. The lowest BCUT2D eigenvalue weighted by molar-refractivity contribution is -0.118. The van der Waals surface area contributed by atoms with E-state index in [0.717, 1.165) is 5.69 Å². The summed E-state index contributed by atoms with van der Waals surface area (Å²) in [5.41, 5.74) is 0.788. The zero-order chi connectivity index (χ0) is 12.0. The summed E-state index contributed by atoms with van der Waals surface area (Å²) in [5, 5.41) is 0. The molecule has 0 aliphatic heterocycles. The van der Waals surface area contributed by atoms with E-state index in [4.69, 9.17) is 5.90 Å². The minimum Gasteiger partial charge on any atom is -0.396 e. The first kappa shape index (κ1) is 12.4. The molecule has 0 spiro atoms. The van der Waals surface area contributed by atoms with E-state index >= 15 is 0 Å². The summed E-state index contributed by atoms with van der Waals surface area (Å²) >= 11 is 0. The van der Waals surface area contributed by atoms with Crippen LogP contribution < -0.4 is 5.90 Å². The Labute approximate surface area is 93.9 Å². The van der Waals surface area contributed by atoms with Gasteiger partial charge in [0.2, 0.25) is 5.90 Å². The van der Waals surface area contributed by atoms with Crippen LogP contribution in [0.25, 0.3) is 0 Å². The lowest BCUT2D eigenvalue weighted by Gasteiger charge is -2.09. The molecular weight excluding hydrogens is 208 g/mol. The first-order valence-corrected chi connectivity index (χ1v) is 5.08. The van der Waals surface area contributed by atoms with Crippen molar-refractivity contribution in [1.82, 2.24) is 9.97 Å². The second-order valence-electron chi connectivity index (χ2n) is 3.39. The normalized spacial score (nSPS) is 13.6. The third-order valence-electron chi connectivity index (χ3n) is 2.16. The second-order valence-corrected chi connectivity index (χ2v) is 3.39. The van der Waals surface area contributed by atoms with Crippen LogP contribution in [0.4, 0.5) is 0 Å². The van der Waals surface area contributed by atoms with Gasteiger partial charge in [0, 0.05) is 19.0 Å². The Morgan fingerprint density at radius 2 is 2.50 bits per heavy atom. The van der Waals surface area contributed by atoms with Crippen LogP contribution in [0.3, 0.4) is 0 Å². The lowest BCUT2D eigenvalue weighted by atomic mass is 10.1. The Bertz CT molecular complexity index is 353. The van der Waals surface area contributed by atoms with Gasteiger partial charge in [-0.05, 0) is 6.92 Å². The van der Waals surface area contributed by atoms with E-state index in [9.17, 15) is 4.79 Å². The van der Waals surface area contributed by atoms with Crippen molar-refractivity contribution in [2.24, 2.45) is 10.9 Å². The zero-order valence-corrected chi connectivity index (χ0v) is 9.43. The number of carbonyl (C=O) groups excluding carboxylic acids is 1. The van der Waals surface area contributed by atoms with E-state index in [2.05, 4.69) is 19.8 Å². The Balaban J connectivity index is 2.75. The number of nitrogens with zero attached hydrogens (tertiary/aromatic N) is 2. The van der Waals surface area contributed by atoms with Crippen molar-refractivity contribution in [2.45, 2.75) is 32.7 Å². The Morgan fingerprint density at radius 3 is 2.94 bits per heavy atom. The highest BCUT2D eigenvalue weighted by atomic mass is 16.6. The molecule has 0 unspecified atom stereocenters. The molecule has 0 fully saturated rings. The number of aromatic nitrogens is 2. The molecule has 1 atom stereocenters. The minimum absolute atomic E-state index is 0.0361. The molecule has 1 aromatic heterocycles. The van der Waals surface area contributed by atoms with Gasteiger partial charge in [-0.15, -0.1) is 0 Å². The first-order chi connectivity index (χ1) is 7.67. The van der Waals surface area contributed by atoms with Crippen LogP contribution in [0.2, 0.25) is 0 Å². The van der Waals surface area contributed by atoms with Crippen molar-refractivity contribution in [1.29, 1.82) is 0 Å². The van der Waals surface area contributed by atoms with Crippen molar-refractivity contribution in [3.05, 3.63) is 18.2 Å². The molecule has 3 N–H and O–H groups in total. The maximum atomic E-state index is 11.4. The zero-order valence-electron chi connectivity index (χ0n) is 9.43. The number of imidazole rings is 1. The number of aliphatic imine (C=N–C) groups is 1. The van der Waals surface area contributed by atoms with E-state index in [1.807, 2.05) is 6.92 Å². The molecule has 0 aliphatic rings. The molecule has 0 aliphatic carbocycles. The number of ketones is 1. The van der Waals surface area contributed by atoms with Gasteiger partial charge in [-0.1, -0.05) is 6.92 Å². The molecule has 0 amide bonds. The third kappa shape index (κ3) is 3.47. The highest BCUT2D eigenvalue weighted by Gasteiger charge is 2.16. The molecule has 0 bridgehead atoms. The standard InChI is InChI=1S/C10H16N4O2/c1-3-10(16-11)14-9(7(2)15)4-8-5-12-6-13-8/h5-6,9H,3-4,11H2,1-2H3,(H,12,13)/t9-/m0/s1. The summed E-state index contributed by atoms with van der Waals surface area (Å²) < 4.78 is 0. The maximum absolute atomic E-state index is 11.4. The quantitative estimate of drug-likeness (QED) is 0.435. The van der Waals surface area contributed by atoms with Gasteiger partial charge >= 0.3 is 0 Å². The molecule has 0 saturated heterocycles. The molecule has 1 rings (SSSR count). The van der Waals surface area contributed by atoms with Gasteiger partial charge < -0.3 is 9.82 Å². The summed E-state index contributed by atoms with van der Waals surface area (Å²) in [6.07, 6.45) is 4.31. The smallest absolute Gasteiger partial charge is 0.209 e. The Kier molecular flexibility index (Phi) is 4.65. The molecule has 6 nitrogen and oxygen atoms in total. The SMILES string of the molecule is CCC(=N[C@@H](Cc1c[nH]cn1)C(C)=O)ON. The molecule has 1 heterocycles. The van der Waals surface area contributed by atoms with E-state index < -0.39 is 6.04 Å². The second kappa shape index (κ2) is 6.02. The predicted octanol–water partition coefficient (Wildman–Crippen LogP) is 0.609. The molecule has 88 valence electrons. The average Bonchev–Trinajstić information content (AvgIpc) is 2.76. The number of carbonyl (C=O) groups is 1. The highest BCUT2D eigenvalue weighted by molar-refractivity contribution is 5.85. The summed E-state index contributed by atoms with van der Waals surface area (Å²) in [5.74, 6) is 5.38. The topological polar surface area (TPSA) is 93.4 Å². The van der Waals surface area contributed by atoms with Crippen LogP contribution in [0.15, 0.2) is 17.5 Å². The Morgan fingerprint density at radius 1 is 1.75 bits per heavy atom. The molecule has 16 heavy (non-hydrogen) atoms. The number of H-pyrrole nitrogens is 1. The van der Waals surface area contributed by atoms with Crippen molar-refractivity contribution in [2.75, 3.05) is 0 Å². The molecule has 0 saturated carbocycles. The molecule has 0 radical (unpaired) electrons. The van der Waals surface area contributed by atoms with Gasteiger partial charge in [0.25, 0.3) is 0 Å². The fourth-order valence-corrected chi connectivity index (χ4v) is 1.26. The predicted molar refractivity (Wildman–Crippen MR) is 59.8 cm³/mol. The molecular formula is C10H16N4O2. The number of rotatable bonds is 5. The Hall–Kier alpha value is -1.69. The number of hydrogen-bond donors (Lipinski definition) is 2. The number of aromatic amines is 1. The first-order valence-electron chi connectivity index (χ1n) is 5.08. The van der Waals surface area contributed by atoms with Crippen LogP contribution in [-0.2, 0) is 16.1 Å². The highest BCUT2D eigenvalue weighted by Crippen LogP contribution is 2.05. The van der Waals surface area contributed by atoms with Gasteiger partial charge in [0.15, 0.2) is 5.78 Å². The van der Waals surface area contributed by atoms with Crippen LogP contribution in [0, 0.1) is 0 Å². The van der Waals surface area contributed by atoms with Gasteiger partial charge in [-0.2, -0.15) is 5.90 Å². The fraction of sp³-hybridized carbons (Fsp3) is 0.500. The summed E-state index contributed by atoms with van der Waals surface area (Å²) in [7, 11) is 0. The summed E-state index contributed by atoms with van der Waals surface area (Å²) in [6.45, 7) is 3.35. The van der Waals surface area contributed by atoms with Crippen LogP contribution >= 0.6 is 0 Å². The number of Topliss-reactive ketones (excluding diaryl/α,β-unsaturated/α-hetero) is 1. The van der Waals surface area contributed by atoms with Crippen molar-refractivity contribution in [3.63, 3.8) is 0 Å². The molecule has 0 aromatic carbocycles. The van der Waals surface area contributed by atoms with Crippen molar-refractivity contribution in [3.8, 4) is 0 Å². The van der Waals surface area contributed by atoms with E-state index in [-0.39, 0.29) is 5.78 Å². The third-order valence-corrected chi connectivity index (χ3v) is 2.16. The lowest BCUT2D eigenvalue weighted by Crippen LogP contribution is -2.22. The minimum atomic E-state index is -0.484. The van der Waals surface area contributed by atoms with Gasteiger partial charge in [-0.25, -0.2) is 9.98 Å². The number of hydrogen-bond acceptors (Lipinski definition) is 5. The summed E-state index contributed by atoms with van der Waals surface area (Å²) in [6, 6.07) is -0.484. The largest absolute Gasteiger partial charge is 0.396 e. The van der Waals surface area contributed by atoms with E-state index in [1.165, 1.54) is 6.92 Å². The fourth-order valence-electron chi connectivity index (χ4n) is 1.26. The van der Waals surface area contributed by atoms with Crippen molar-refractivity contribution >= 4 is 11.7 Å². The molecule has 1 aromatic rings. The van der Waals surface area contributed by atoms with Crippen molar-refractivity contribution < 1.29 is 9.63 Å². The van der Waals surface area contributed by atoms with E-state index in [1.54, 1.807) is 12.5 Å².